The van der Waals surface area contributed by atoms with E-state index in [9.17, 15) is 4.79 Å². The van der Waals surface area contributed by atoms with Gasteiger partial charge in [0.05, 0.1) is 0 Å². The fourth-order valence-electron chi connectivity index (χ4n) is 3.30. The molecular weight excluding hydrogens is 304 g/mol. The van der Waals surface area contributed by atoms with E-state index in [1.165, 1.54) is 32.4 Å². The number of hydrogen-bond acceptors (Lipinski definition) is 4. The predicted molar refractivity (Wildman–Crippen MR) is 93.7 cm³/mol. The lowest BCUT2D eigenvalue weighted by molar-refractivity contribution is -0.121. The fourth-order valence-corrected chi connectivity index (χ4v) is 3.30. The minimum Gasteiger partial charge on any atom is -0.486 e. The average molecular weight is 332 g/mol. The van der Waals surface area contributed by atoms with Gasteiger partial charge in [0.1, 0.15) is 13.2 Å². The van der Waals surface area contributed by atoms with Gasteiger partial charge in [0, 0.05) is 13.0 Å². The highest BCUT2D eigenvalue weighted by molar-refractivity contribution is 5.76. The number of likely N-dealkylation sites (tertiary alicyclic amines) is 1. The molecule has 1 aromatic carbocycles. The van der Waals surface area contributed by atoms with E-state index in [2.05, 4.69) is 10.2 Å². The van der Waals surface area contributed by atoms with Gasteiger partial charge in [0.15, 0.2) is 11.5 Å². The molecule has 3 rings (SSSR count). The second-order valence-corrected chi connectivity index (χ2v) is 6.58. The Labute approximate surface area is 144 Å². The molecule has 0 aliphatic carbocycles. The molecule has 2 heterocycles. The zero-order valence-corrected chi connectivity index (χ0v) is 14.4. The van der Waals surface area contributed by atoms with Crippen molar-refractivity contribution in [3.63, 3.8) is 0 Å². The Morgan fingerprint density at radius 1 is 1.08 bits per heavy atom. The first-order chi connectivity index (χ1) is 11.8. The Kier molecular flexibility index (Phi) is 6.35. The molecule has 1 N–H and O–H groups in total. The summed E-state index contributed by atoms with van der Waals surface area (Å²) in [5, 5.41) is 3.03. The van der Waals surface area contributed by atoms with Crippen molar-refractivity contribution in [3.05, 3.63) is 23.8 Å². The zero-order valence-electron chi connectivity index (χ0n) is 14.4. The molecule has 5 heteroatoms. The third kappa shape index (κ3) is 5.13. The van der Waals surface area contributed by atoms with Crippen LogP contribution in [0.1, 0.15) is 37.7 Å². The lowest BCUT2D eigenvalue weighted by Crippen LogP contribution is -2.33. The van der Waals surface area contributed by atoms with Gasteiger partial charge in [0.2, 0.25) is 5.91 Å². The highest BCUT2D eigenvalue weighted by atomic mass is 16.6. The minimum atomic E-state index is 0.128. The molecule has 5 nitrogen and oxygen atoms in total. The van der Waals surface area contributed by atoms with Gasteiger partial charge in [0.25, 0.3) is 0 Å². The van der Waals surface area contributed by atoms with E-state index < -0.39 is 0 Å². The lowest BCUT2D eigenvalue weighted by Gasteiger charge is -2.26. The number of nitrogens with one attached hydrogen (secondary N) is 1. The maximum Gasteiger partial charge on any atom is 0.220 e. The number of ether oxygens (including phenoxy) is 2. The largest absolute Gasteiger partial charge is 0.486 e. The van der Waals surface area contributed by atoms with Gasteiger partial charge in [-0.05, 0) is 63.0 Å². The molecule has 0 radical (unpaired) electrons. The third-order valence-corrected chi connectivity index (χ3v) is 4.67. The van der Waals surface area contributed by atoms with E-state index in [0.717, 1.165) is 43.0 Å². The van der Waals surface area contributed by atoms with Crippen LogP contribution in [0.4, 0.5) is 0 Å². The third-order valence-electron chi connectivity index (χ3n) is 4.67. The Hall–Kier alpha value is -1.75. The molecule has 0 atom stereocenters. The standard InChI is InChI=1S/C19H28N2O3/c22-19(20-9-4-12-21-10-2-1-3-11-21)8-6-16-5-7-17-18(15-16)24-14-13-23-17/h5,7,15H,1-4,6,8-14H2,(H,20,22). The highest BCUT2D eigenvalue weighted by Gasteiger charge is 2.12. The smallest absolute Gasteiger partial charge is 0.220 e. The molecule has 1 amide bonds. The van der Waals surface area contributed by atoms with E-state index in [1.807, 2.05) is 18.2 Å². The van der Waals surface area contributed by atoms with E-state index in [-0.39, 0.29) is 5.91 Å². The maximum atomic E-state index is 12.0. The normalized spacial score (nSPS) is 17.5. The second-order valence-electron chi connectivity index (χ2n) is 6.58. The maximum absolute atomic E-state index is 12.0. The first kappa shape index (κ1) is 17.1. The molecule has 2 aliphatic heterocycles. The average Bonchev–Trinajstić information content (AvgIpc) is 2.64. The quantitative estimate of drug-likeness (QED) is 0.779. The summed E-state index contributed by atoms with van der Waals surface area (Å²) in [6.07, 6.45) is 6.30. The molecular formula is C19H28N2O3. The minimum absolute atomic E-state index is 0.128. The molecule has 1 aromatic rings. The van der Waals surface area contributed by atoms with Crippen LogP contribution in [-0.4, -0.2) is 50.2 Å². The Morgan fingerprint density at radius 2 is 1.88 bits per heavy atom. The molecule has 0 unspecified atom stereocenters. The Morgan fingerprint density at radius 3 is 2.71 bits per heavy atom. The molecule has 0 aromatic heterocycles. The van der Waals surface area contributed by atoms with Crippen molar-refractivity contribution in [3.8, 4) is 11.5 Å². The van der Waals surface area contributed by atoms with Crippen molar-refractivity contribution in [2.45, 2.75) is 38.5 Å². The Balaban J connectivity index is 1.32. The van der Waals surface area contributed by atoms with Crippen molar-refractivity contribution in [2.24, 2.45) is 0 Å². The molecule has 0 saturated carbocycles. The number of rotatable bonds is 7. The number of nitrogens with zero attached hydrogens (tertiary/aromatic N) is 1. The molecule has 2 aliphatic rings. The van der Waals surface area contributed by atoms with Crippen LogP contribution < -0.4 is 14.8 Å². The van der Waals surface area contributed by atoms with Gasteiger partial charge in [-0.2, -0.15) is 0 Å². The van der Waals surface area contributed by atoms with Crippen molar-refractivity contribution in [2.75, 3.05) is 39.4 Å². The number of carbonyl (C=O) groups is 1. The van der Waals surface area contributed by atoms with Crippen LogP contribution in [-0.2, 0) is 11.2 Å². The van der Waals surface area contributed by atoms with Crippen LogP contribution in [0.5, 0.6) is 11.5 Å². The summed E-state index contributed by atoms with van der Waals surface area (Å²) < 4.78 is 11.1. The van der Waals surface area contributed by atoms with Crippen LogP contribution in [0, 0.1) is 0 Å². The summed E-state index contributed by atoms with van der Waals surface area (Å²) >= 11 is 0. The monoisotopic (exact) mass is 332 g/mol. The van der Waals surface area contributed by atoms with E-state index >= 15 is 0 Å². The van der Waals surface area contributed by atoms with Crippen LogP contribution >= 0.6 is 0 Å². The topological polar surface area (TPSA) is 50.8 Å². The van der Waals surface area contributed by atoms with Crippen molar-refractivity contribution >= 4 is 5.91 Å². The van der Waals surface area contributed by atoms with Gasteiger partial charge in [-0.3, -0.25) is 4.79 Å². The van der Waals surface area contributed by atoms with Crippen LogP contribution in [0.3, 0.4) is 0 Å². The SMILES string of the molecule is O=C(CCc1ccc2c(c1)OCCO2)NCCCN1CCCCC1. The Bertz CT molecular complexity index is 541. The summed E-state index contributed by atoms with van der Waals surface area (Å²) in [6, 6.07) is 5.93. The lowest BCUT2D eigenvalue weighted by atomic mass is 10.1. The van der Waals surface area contributed by atoms with Gasteiger partial charge < -0.3 is 19.7 Å². The van der Waals surface area contributed by atoms with E-state index in [4.69, 9.17) is 9.47 Å². The number of aryl methyl sites for hydroxylation is 1. The number of piperidine rings is 1. The summed E-state index contributed by atoms with van der Waals surface area (Å²) in [7, 11) is 0. The first-order valence-corrected chi connectivity index (χ1v) is 9.19. The molecule has 1 saturated heterocycles. The van der Waals surface area contributed by atoms with Crippen LogP contribution in [0.15, 0.2) is 18.2 Å². The van der Waals surface area contributed by atoms with Crippen molar-refractivity contribution in [1.29, 1.82) is 0 Å². The van der Waals surface area contributed by atoms with Crippen LogP contribution in [0.25, 0.3) is 0 Å². The molecule has 0 bridgehead atoms. The van der Waals surface area contributed by atoms with Crippen molar-refractivity contribution in [1.82, 2.24) is 10.2 Å². The van der Waals surface area contributed by atoms with Gasteiger partial charge in [-0.25, -0.2) is 0 Å². The summed E-state index contributed by atoms with van der Waals surface area (Å²) in [4.78, 5) is 14.5. The molecule has 132 valence electrons. The van der Waals surface area contributed by atoms with Gasteiger partial charge >= 0.3 is 0 Å². The second kappa shape index (κ2) is 8.92. The molecule has 1 fully saturated rings. The highest BCUT2D eigenvalue weighted by Crippen LogP contribution is 2.31. The number of hydrogen-bond donors (Lipinski definition) is 1. The summed E-state index contributed by atoms with van der Waals surface area (Å²) in [6.45, 7) is 5.51. The van der Waals surface area contributed by atoms with Crippen LogP contribution in [0.2, 0.25) is 0 Å². The molecule has 24 heavy (non-hydrogen) atoms. The van der Waals surface area contributed by atoms with E-state index in [1.54, 1.807) is 0 Å². The number of fused-ring (bicyclic) bond motifs is 1. The van der Waals surface area contributed by atoms with Gasteiger partial charge in [-0.1, -0.05) is 12.5 Å². The fraction of sp³-hybridized carbons (Fsp3) is 0.632. The number of benzene rings is 1. The zero-order chi connectivity index (χ0) is 16.6. The number of amides is 1. The van der Waals surface area contributed by atoms with E-state index in [0.29, 0.717) is 19.6 Å². The van der Waals surface area contributed by atoms with Gasteiger partial charge in [-0.15, -0.1) is 0 Å². The molecule has 0 spiro atoms. The number of carbonyl (C=O) groups excluding carboxylic acids is 1. The first-order valence-electron chi connectivity index (χ1n) is 9.19. The predicted octanol–water partition coefficient (Wildman–Crippen LogP) is 2.38. The summed E-state index contributed by atoms with van der Waals surface area (Å²) in [5.41, 5.74) is 1.11. The summed E-state index contributed by atoms with van der Waals surface area (Å²) in [5.74, 6) is 1.72. The van der Waals surface area contributed by atoms with Crippen molar-refractivity contribution < 1.29 is 14.3 Å².